The molecule has 2 heterocycles. The fourth-order valence-electron chi connectivity index (χ4n) is 2.53. The monoisotopic (exact) mass is 266 g/mol. The van der Waals surface area contributed by atoms with Crippen LogP contribution in [0, 0.1) is 6.92 Å². The molecule has 0 aromatic carbocycles. The van der Waals surface area contributed by atoms with Crippen molar-refractivity contribution < 1.29 is 9.32 Å². The van der Waals surface area contributed by atoms with Gasteiger partial charge in [0.1, 0.15) is 0 Å². The molecule has 1 aliphatic rings. The van der Waals surface area contributed by atoms with Gasteiger partial charge in [0.05, 0.1) is 12.0 Å². The summed E-state index contributed by atoms with van der Waals surface area (Å²) < 4.78 is 5.21. The molecule has 0 spiro atoms. The average Bonchev–Trinajstić information content (AvgIpc) is 2.85. The van der Waals surface area contributed by atoms with Crippen LogP contribution in [0.25, 0.3) is 0 Å². The Kier molecular flexibility index (Phi) is 4.52. The van der Waals surface area contributed by atoms with Gasteiger partial charge in [-0.05, 0) is 26.2 Å². The minimum absolute atomic E-state index is 0.0442. The lowest BCUT2D eigenvalue weighted by atomic mass is 9.97. The van der Waals surface area contributed by atoms with Crippen molar-refractivity contribution >= 4 is 5.91 Å². The second kappa shape index (κ2) is 6.14. The molecular weight excluding hydrogens is 244 g/mol. The molecule has 1 aromatic rings. The number of carbonyl (C=O) groups excluding carboxylic acids is 1. The van der Waals surface area contributed by atoms with Gasteiger partial charge in [0.15, 0.2) is 5.82 Å². The first-order chi connectivity index (χ1) is 9.11. The van der Waals surface area contributed by atoms with E-state index in [0.29, 0.717) is 18.3 Å². The van der Waals surface area contributed by atoms with Gasteiger partial charge < -0.3 is 15.2 Å². The molecule has 0 bridgehead atoms. The maximum Gasteiger partial charge on any atom is 0.239 e. The van der Waals surface area contributed by atoms with Crippen molar-refractivity contribution in [2.75, 3.05) is 13.1 Å². The minimum Gasteiger partial charge on any atom is -0.341 e. The molecule has 6 nitrogen and oxygen atoms in total. The van der Waals surface area contributed by atoms with Crippen molar-refractivity contribution in [1.29, 1.82) is 0 Å². The molecule has 19 heavy (non-hydrogen) atoms. The minimum atomic E-state index is -0.381. The van der Waals surface area contributed by atoms with Crippen molar-refractivity contribution in [2.45, 2.75) is 51.5 Å². The summed E-state index contributed by atoms with van der Waals surface area (Å²) >= 11 is 0. The van der Waals surface area contributed by atoms with E-state index < -0.39 is 0 Å². The van der Waals surface area contributed by atoms with E-state index in [1.165, 1.54) is 0 Å². The highest BCUT2D eigenvalue weighted by molar-refractivity contribution is 5.81. The summed E-state index contributed by atoms with van der Waals surface area (Å²) in [5.41, 5.74) is 5.90. The van der Waals surface area contributed by atoms with Crippen molar-refractivity contribution in [3.8, 4) is 0 Å². The molecule has 0 saturated carbocycles. The summed E-state index contributed by atoms with van der Waals surface area (Å²) in [6.45, 7) is 5.25. The van der Waals surface area contributed by atoms with Crippen LogP contribution < -0.4 is 5.73 Å². The largest absolute Gasteiger partial charge is 0.341 e. The first kappa shape index (κ1) is 14.0. The summed E-state index contributed by atoms with van der Waals surface area (Å²) in [6, 6.07) is -0.381. The number of hydrogen-bond acceptors (Lipinski definition) is 5. The van der Waals surface area contributed by atoms with E-state index in [1.807, 2.05) is 11.8 Å². The summed E-state index contributed by atoms with van der Waals surface area (Å²) in [4.78, 5) is 18.3. The molecule has 1 aromatic heterocycles. The predicted molar refractivity (Wildman–Crippen MR) is 70.5 cm³/mol. The fraction of sp³-hybridized carbons (Fsp3) is 0.769. The SMILES string of the molecule is CCCC(N)C(=O)N1CCCC(c2nc(C)no2)C1. The molecule has 0 radical (unpaired) electrons. The molecule has 2 atom stereocenters. The third-order valence-electron chi connectivity index (χ3n) is 3.54. The van der Waals surface area contributed by atoms with Crippen LogP contribution in [-0.2, 0) is 4.79 Å². The average molecular weight is 266 g/mol. The molecule has 2 unspecified atom stereocenters. The Morgan fingerprint density at radius 3 is 3.05 bits per heavy atom. The zero-order valence-corrected chi connectivity index (χ0v) is 11.6. The lowest BCUT2D eigenvalue weighted by Gasteiger charge is -2.32. The number of aromatic nitrogens is 2. The van der Waals surface area contributed by atoms with Gasteiger partial charge in [0.25, 0.3) is 0 Å². The van der Waals surface area contributed by atoms with Gasteiger partial charge in [-0.3, -0.25) is 4.79 Å². The van der Waals surface area contributed by atoms with Crippen molar-refractivity contribution in [3.05, 3.63) is 11.7 Å². The molecule has 6 heteroatoms. The summed E-state index contributed by atoms with van der Waals surface area (Å²) in [6.07, 6.45) is 3.60. The van der Waals surface area contributed by atoms with Crippen molar-refractivity contribution in [1.82, 2.24) is 15.0 Å². The Bertz CT molecular complexity index is 432. The number of hydrogen-bond donors (Lipinski definition) is 1. The number of likely N-dealkylation sites (tertiary alicyclic amines) is 1. The lowest BCUT2D eigenvalue weighted by molar-refractivity contribution is -0.134. The fourth-order valence-corrected chi connectivity index (χ4v) is 2.53. The number of carbonyl (C=O) groups is 1. The number of rotatable bonds is 4. The number of aryl methyl sites for hydroxylation is 1. The highest BCUT2D eigenvalue weighted by atomic mass is 16.5. The van der Waals surface area contributed by atoms with Gasteiger partial charge in [0, 0.05) is 13.1 Å². The van der Waals surface area contributed by atoms with Gasteiger partial charge in [-0.25, -0.2) is 0 Å². The molecule has 1 aliphatic heterocycles. The maximum atomic E-state index is 12.2. The van der Waals surface area contributed by atoms with Gasteiger partial charge in [-0.2, -0.15) is 4.98 Å². The lowest BCUT2D eigenvalue weighted by Crippen LogP contribution is -2.47. The Hall–Kier alpha value is -1.43. The Labute approximate surface area is 113 Å². The Morgan fingerprint density at radius 2 is 2.42 bits per heavy atom. The van der Waals surface area contributed by atoms with Crippen LogP contribution in [0.5, 0.6) is 0 Å². The van der Waals surface area contributed by atoms with E-state index in [0.717, 1.165) is 32.2 Å². The molecule has 1 saturated heterocycles. The highest BCUT2D eigenvalue weighted by Crippen LogP contribution is 2.26. The second-order valence-electron chi connectivity index (χ2n) is 5.20. The first-order valence-corrected chi connectivity index (χ1v) is 6.96. The molecule has 1 fully saturated rings. The molecular formula is C13H22N4O2. The van der Waals surface area contributed by atoms with Crippen LogP contribution in [0.4, 0.5) is 0 Å². The third-order valence-corrected chi connectivity index (χ3v) is 3.54. The quantitative estimate of drug-likeness (QED) is 0.885. The van der Waals surface area contributed by atoms with Crippen LogP contribution in [0.1, 0.15) is 50.2 Å². The van der Waals surface area contributed by atoms with E-state index in [2.05, 4.69) is 10.1 Å². The molecule has 0 aliphatic carbocycles. The Morgan fingerprint density at radius 1 is 1.63 bits per heavy atom. The predicted octanol–water partition coefficient (Wildman–Crippen LogP) is 1.21. The van der Waals surface area contributed by atoms with Crippen LogP contribution in [-0.4, -0.2) is 40.1 Å². The number of amides is 1. The van der Waals surface area contributed by atoms with Gasteiger partial charge in [-0.15, -0.1) is 0 Å². The van der Waals surface area contributed by atoms with Crippen LogP contribution >= 0.6 is 0 Å². The first-order valence-electron chi connectivity index (χ1n) is 6.96. The maximum absolute atomic E-state index is 12.2. The van der Waals surface area contributed by atoms with E-state index in [9.17, 15) is 4.79 Å². The molecule has 2 N–H and O–H groups in total. The van der Waals surface area contributed by atoms with Crippen molar-refractivity contribution in [3.63, 3.8) is 0 Å². The Balaban J connectivity index is 1.99. The summed E-state index contributed by atoms with van der Waals surface area (Å²) in [7, 11) is 0. The van der Waals surface area contributed by atoms with Gasteiger partial charge in [-0.1, -0.05) is 18.5 Å². The zero-order valence-electron chi connectivity index (χ0n) is 11.6. The summed E-state index contributed by atoms with van der Waals surface area (Å²) in [5, 5.41) is 3.81. The van der Waals surface area contributed by atoms with E-state index in [4.69, 9.17) is 10.3 Å². The van der Waals surface area contributed by atoms with E-state index in [1.54, 1.807) is 6.92 Å². The highest BCUT2D eigenvalue weighted by Gasteiger charge is 2.30. The van der Waals surface area contributed by atoms with Crippen LogP contribution in [0.15, 0.2) is 4.52 Å². The molecule has 2 rings (SSSR count). The number of nitrogens with two attached hydrogens (primary N) is 1. The van der Waals surface area contributed by atoms with E-state index in [-0.39, 0.29) is 17.9 Å². The van der Waals surface area contributed by atoms with Crippen LogP contribution in [0.2, 0.25) is 0 Å². The third kappa shape index (κ3) is 3.32. The van der Waals surface area contributed by atoms with E-state index >= 15 is 0 Å². The standard InChI is InChI=1S/C13H22N4O2/c1-3-5-11(14)13(18)17-7-4-6-10(8-17)12-15-9(2)16-19-12/h10-11H,3-8,14H2,1-2H3. The van der Waals surface area contributed by atoms with Gasteiger partial charge in [0.2, 0.25) is 11.8 Å². The molecule has 1 amide bonds. The zero-order chi connectivity index (χ0) is 13.8. The number of piperidine rings is 1. The topological polar surface area (TPSA) is 85.3 Å². The normalized spacial score (nSPS) is 21.4. The summed E-state index contributed by atoms with van der Waals surface area (Å²) in [5.74, 6) is 1.47. The van der Waals surface area contributed by atoms with Gasteiger partial charge >= 0.3 is 0 Å². The van der Waals surface area contributed by atoms with Crippen molar-refractivity contribution in [2.24, 2.45) is 5.73 Å². The smallest absolute Gasteiger partial charge is 0.239 e. The van der Waals surface area contributed by atoms with Crippen LogP contribution in [0.3, 0.4) is 0 Å². The molecule has 106 valence electrons. The number of nitrogens with zero attached hydrogens (tertiary/aromatic N) is 3. The second-order valence-corrected chi connectivity index (χ2v) is 5.20.